The third kappa shape index (κ3) is 3.02. The fraction of sp³-hybridized carbons (Fsp3) is 0.467. The molecule has 0 saturated heterocycles. The number of aryl methyl sites for hydroxylation is 4. The molecule has 0 radical (unpaired) electrons. The number of nitrogens with one attached hydrogen (secondary N) is 1. The van der Waals surface area contributed by atoms with Crippen molar-refractivity contribution < 1.29 is 0 Å². The molecule has 0 spiro atoms. The Morgan fingerprint density at radius 2 is 1.78 bits per heavy atom. The van der Waals surface area contributed by atoms with Crippen molar-refractivity contribution in [3.63, 3.8) is 0 Å². The third-order valence-corrected chi connectivity index (χ3v) is 5.48. The predicted octanol–water partition coefficient (Wildman–Crippen LogP) is 4.89. The van der Waals surface area contributed by atoms with Crippen LogP contribution < -0.4 is 5.32 Å². The van der Waals surface area contributed by atoms with Crippen LogP contribution in [-0.2, 0) is 6.54 Å². The van der Waals surface area contributed by atoms with Crippen LogP contribution in [0.5, 0.6) is 0 Å². The van der Waals surface area contributed by atoms with Gasteiger partial charge in [0.2, 0.25) is 0 Å². The van der Waals surface area contributed by atoms with Crippen molar-refractivity contribution in [3.8, 4) is 0 Å². The van der Waals surface area contributed by atoms with Gasteiger partial charge in [0.15, 0.2) is 0 Å². The summed E-state index contributed by atoms with van der Waals surface area (Å²) in [5, 5.41) is 3.63. The highest BCUT2D eigenvalue weighted by molar-refractivity contribution is 7.12. The zero-order valence-electron chi connectivity index (χ0n) is 11.8. The molecule has 0 fully saturated rings. The summed E-state index contributed by atoms with van der Waals surface area (Å²) in [5.41, 5.74) is 2.86. The van der Waals surface area contributed by atoms with E-state index >= 15 is 0 Å². The smallest absolute Gasteiger partial charge is 0.0306 e. The fourth-order valence-corrected chi connectivity index (χ4v) is 4.21. The van der Waals surface area contributed by atoms with Crippen LogP contribution in [0, 0.1) is 27.7 Å². The second-order valence-electron chi connectivity index (χ2n) is 4.92. The van der Waals surface area contributed by atoms with E-state index in [-0.39, 0.29) is 0 Å². The van der Waals surface area contributed by atoms with Gasteiger partial charge in [-0.2, -0.15) is 0 Å². The van der Waals surface area contributed by atoms with Gasteiger partial charge in [-0.05, 0) is 57.9 Å². The van der Waals surface area contributed by atoms with Crippen LogP contribution in [0.25, 0.3) is 0 Å². The number of hydrogen-bond donors (Lipinski definition) is 1. The van der Waals surface area contributed by atoms with Crippen molar-refractivity contribution in [2.75, 3.05) is 0 Å². The maximum Gasteiger partial charge on any atom is 0.0306 e. The van der Waals surface area contributed by atoms with E-state index in [1.807, 2.05) is 22.7 Å². The van der Waals surface area contributed by atoms with E-state index in [4.69, 9.17) is 0 Å². The molecule has 98 valence electrons. The predicted molar refractivity (Wildman–Crippen MR) is 82.8 cm³/mol. The van der Waals surface area contributed by atoms with Crippen LogP contribution >= 0.6 is 22.7 Å². The fourth-order valence-electron chi connectivity index (χ4n) is 2.18. The molecule has 2 rings (SSSR count). The molecule has 0 aliphatic heterocycles. The van der Waals surface area contributed by atoms with Crippen LogP contribution in [0.4, 0.5) is 0 Å². The van der Waals surface area contributed by atoms with E-state index in [9.17, 15) is 0 Å². The third-order valence-electron chi connectivity index (χ3n) is 3.35. The molecule has 2 aromatic rings. The van der Waals surface area contributed by atoms with Gasteiger partial charge in [-0.3, -0.25) is 0 Å². The molecule has 0 amide bonds. The normalized spacial score (nSPS) is 12.9. The largest absolute Gasteiger partial charge is 0.305 e. The molecule has 3 heteroatoms. The molecule has 2 heterocycles. The van der Waals surface area contributed by atoms with Crippen molar-refractivity contribution in [1.29, 1.82) is 0 Å². The molecule has 1 unspecified atom stereocenters. The van der Waals surface area contributed by atoms with E-state index in [1.165, 1.54) is 30.6 Å². The van der Waals surface area contributed by atoms with Crippen LogP contribution in [0.3, 0.4) is 0 Å². The number of thiophene rings is 2. The first-order valence-electron chi connectivity index (χ1n) is 6.33. The van der Waals surface area contributed by atoms with Gasteiger partial charge in [0.25, 0.3) is 0 Å². The SMILES string of the molecule is Cc1cc(C(C)NCc2cc(C)c(C)s2)c(C)s1. The summed E-state index contributed by atoms with van der Waals surface area (Å²) in [6.07, 6.45) is 0. The molecular weight excluding hydrogens is 258 g/mol. The van der Waals surface area contributed by atoms with Crippen molar-refractivity contribution in [2.24, 2.45) is 0 Å². The zero-order chi connectivity index (χ0) is 13.3. The molecule has 1 N–H and O–H groups in total. The molecule has 0 saturated carbocycles. The molecule has 0 aliphatic rings. The first-order chi connectivity index (χ1) is 8.47. The van der Waals surface area contributed by atoms with E-state index in [0.717, 1.165) is 6.54 Å². The molecule has 1 nitrogen and oxygen atoms in total. The Bertz CT molecular complexity index is 517. The summed E-state index contributed by atoms with van der Waals surface area (Å²) in [4.78, 5) is 5.70. The van der Waals surface area contributed by atoms with Gasteiger partial charge in [-0.15, -0.1) is 22.7 Å². The first-order valence-corrected chi connectivity index (χ1v) is 7.97. The maximum absolute atomic E-state index is 3.63. The second kappa shape index (κ2) is 5.55. The monoisotopic (exact) mass is 279 g/mol. The summed E-state index contributed by atoms with van der Waals surface area (Å²) in [6, 6.07) is 5.03. The molecule has 1 atom stereocenters. The topological polar surface area (TPSA) is 12.0 Å². The van der Waals surface area contributed by atoms with Gasteiger partial charge < -0.3 is 5.32 Å². The Hall–Kier alpha value is -0.640. The van der Waals surface area contributed by atoms with Crippen LogP contribution in [0.2, 0.25) is 0 Å². The lowest BCUT2D eigenvalue weighted by Gasteiger charge is -2.13. The highest BCUT2D eigenvalue weighted by Gasteiger charge is 2.11. The van der Waals surface area contributed by atoms with Crippen molar-refractivity contribution >= 4 is 22.7 Å². The van der Waals surface area contributed by atoms with Crippen molar-refractivity contribution in [3.05, 3.63) is 42.8 Å². The van der Waals surface area contributed by atoms with E-state index in [2.05, 4.69) is 52.1 Å². The van der Waals surface area contributed by atoms with E-state index < -0.39 is 0 Å². The minimum absolute atomic E-state index is 0.428. The van der Waals surface area contributed by atoms with Crippen LogP contribution in [-0.4, -0.2) is 0 Å². The minimum atomic E-state index is 0.428. The Labute approximate surface area is 118 Å². The zero-order valence-corrected chi connectivity index (χ0v) is 13.4. The Kier molecular flexibility index (Phi) is 4.25. The quantitative estimate of drug-likeness (QED) is 0.840. The van der Waals surface area contributed by atoms with E-state index in [0.29, 0.717) is 6.04 Å². The lowest BCUT2D eigenvalue weighted by atomic mass is 10.1. The van der Waals surface area contributed by atoms with Gasteiger partial charge in [-0.25, -0.2) is 0 Å². The van der Waals surface area contributed by atoms with Gasteiger partial charge >= 0.3 is 0 Å². The first kappa shape index (κ1) is 13.8. The van der Waals surface area contributed by atoms with Gasteiger partial charge in [0.05, 0.1) is 0 Å². The van der Waals surface area contributed by atoms with Crippen LogP contribution in [0.15, 0.2) is 12.1 Å². The highest BCUT2D eigenvalue weighted by atomic mass is 32.1. The Balaban J connectivity index is 2.00. The summed E-state index contributed by atoms with van der Waals surface area (Å²) in [6.45, 7) is 12.0. The van der Waals surface area contributed by atoms with Gasteiger partial charge in [-0.1, -0.05) is 0 Å². The molecule has 18 heavy (non-hydrogen) atoms. The molecule has 0 bridgehead atoms. The molecule has 2 aromatic heterocycles. The average molecular weight is 279 g/mol. The highest BCUT2D eigenvalue weighted by Crippen LogP contribution is 2.27. The summed E-state index contributed by atoms with van der Waals surface area (Å²) in [7, 11) is 0. The number of hydrogen-bond acceptors (Lipinski definition) is 3. The Morgan fingerprint density at radius 3 is 2.28 bits per heavy atom. The van der Waals surface area contributed by atoms with Gasteiger partial charge in [0.1, 0.15) is 0 Å². The maximum atomic E-state index is 3.63. The van der Waals surface area contributed by atoms with Crippen molar-refractivity contribution in [1.82, 2.24) is 5.32 Å². The lowest BCUT2D eigenvalue weighted by Crippen LogP contribution is -2.17. The summed E-state index contributed by atoms with van der Waals surface area (Å²) in [5.74, 6) is 0. The molecule has 0 aromatic carbocycles. The second-order valence-corrected chi connectivity index (χ2v) is 7.72. The number of rotatable bonds is 4. The van der Waals surface area contributed by atoms with Crippen molar-refractivity contribution in [2.45, 2.75) is 47.2 Å². The Morgan fingerprint density at radius 1 is 1.06 bits per heavy atom. The minimum Gasteiger partial charge on any atom is -0.305 e. The molecular formula is C15H21NS2. The molecule has 0 aliphatic carbocycles. The van der Waals surface area contributed by atoms with Crippen LogP contribution in [0.1, 0.15) is 43.6 Å². The summed E-state index contributed by atoms with van der Waals surface area (Å²) < 4.78 is 0. The van der Waals surface area contributed by atoms with E-state index in [1.54, 1.807) is 0 Å². The standard InChI is InChI=1S/C15H21NS2/c1-9-6-14(18-12(9)4)8-16-11(3)15-7-10(2)17-13(15)5/h6-7,11,16H,8H2,1-5H3. The van der Waals surface area contributed by atoms with Gasteiger partial charge in [0, 0.05) is 32.1 Å². The summed E-state index contributed by atoms with van der Waals surface area (Å²) >= 11 is 3.79. The lowest BCUT2D eigenvalue weighted by molar-refractivity contribution is 0.578. The average Bonchev–Trinajstić information content (AvgIpc) is 2.79.